The summed E-state index contributed by atoms with van der Waals surface area (Å²) < 4.78 is 16.1. The van der Waals surface area contributed by atoms with Gasteiger partial charge >= 0.3 is 5.97 Å². The summed E-state index contributed by atoms with van der Waals surface area (Å²) in [7, 11) is 1.48. The Morgan fingerprint density at radius 3 is 2.67 bits per heavy atom. The molecule has 5 heteroatoms. The van der Waals surface area contributed by atoms with Crippen molar-refractivity contribution in [1.29, 1.82) is 5.26 Å². The standard InChI is InChI=1S/C19H17NO4/c1-3-23-16-9-5-4-8-15(16)19(21)24-17-11-10-14(7-6-12-20)13-18(17)22-2/h4-11,13H,3H2,1-2H3/b7-6-. The van der Waals surface area contributed by atoms with Crippen LogP contribution in [0.15, 0.2) is 48.5 Å². The third-order valence-electron chi connectivity index (χ3n) is 3.15. The van der Waals surface area contributed by atoms with E-state index in [1.165, 1.54) is 13.2 Å². The lowest BCUT2D eigenvalue weighted by Crippen LogP contribution is -2.11. The van der Waals surface area contributed by atoms with Gasteiger partial charge in [0.15, 0.2) is 11.5 Å². The molecule has 0 atom stereocenters. The normalized spacial score (nSPS) is 10.2. The molecule has 0 aliphatic carbocycles. The summed E-state index contributed by atoms with van der Waals surface area (Å²) in [4.78, 5) is 12.4. The first-order valence-corrected chi connectivity index (χ1v) is 7.37. The molecule has 5 nitrogen and oxygen atoms in total. The number of ether oxygens (including phenoxy) is 3. The predicted molar refractivity (Wildman–Crippen MR) is 90.2 cm³/mol. The molecule has 0 aromatic heterocycles. The van der Waals surface area contributed by atoms with Gasteiger partial charge in [-0.05, 0) is 42.8 Å². The molecule has 0 bridgehead atoms. The fraction of sp³-hybridized carbons (Fsp3) is 0.158. The lowest BCUT2D eigenvalue weighted by molar-refractivity contribution is 0.0725. The number of carbonyl (C=O) groups is 1. The Morgan fingerprint density at radius 1 is 1.17 bits per heavy atom. The molecule has 0 radical (unpaired) electrons. The molecule has 2 rings (SSSR count). The zero-order chi connectivity index (χ0) is 17.4. The van der Waals surface area contributed by atoms with E-state index in [9.17, 15) is 4.79 Å². The second-order valence-corrected chi connectivity index (χ2v) is 4.69. The SMILES string of the molecule is CCOc1ccccc1C(=O)Oc1ccc(/C=C\C#N)cc1OC. The van der Waals surface area contributed by atoms with Gasteiger partial charge in [0, 0.05) is 6.08 Å². The van der Waals surface area contributed by atoms with Crippen molar-refractivity contribution in [3.8, 4) is 23.3 Å². The van der Waals surface area contributed by atoms with Gasteiger partial charge in [-0.1, -0.05) is 18.2 Å². The van der Waals surface area contributed by atoms with Crippen LogP contribution in [0.5, 0.6) is 17.2 Å². The van der Waals surface area contributed by atoms with Crippen molar-refractivity contribution < 1.29 is 19.0 Å². The number of carbonyl (C=O) groups excluding carboxylic acids is 1. The minimum atomic E-state index is -0.530. The van der Waals surface area contributed by atoms with Crippen molar-refractivity contribution in [3.05, 3.63) is 59.7 Å². The molecular formula is C19H17NO4. The van der Waals surface area contributed by atoms with Crippen molar-refractivity contribution in [2.45, 2.75) is 6.92 Å². The van der Waals surface area contributed by atoms with Crippen LogP contribution < -0.4 is 14.2 Å². The summed E-state index contributed by atoms with van der Waals surface area (Å²) >= 11 is 0. The maximum absolute atomic E-state index is 12.4. The molecule has 122 valence electrons. The van der Waals surface area contributed by atoms with Gasteiger partial charge in [0.2, 0.25) is 0 Å². The quantitative estimate of drug-likeness (QED) is 0.459. The summed E-state index contributed by atoms with van der Waals surface area (Å²) in [5, 5.41) is 8.57. The number of hydrogen-bond donors (Lipinski definition) is 0. The monoisotopic (exact) mass is 323 g/mol. The Kier molecular flexibility index (Phi) is 5.98. The van der Waals surface area contributed by atoms with Crippen LogP contribution in [0.4, 0.5) is 0 Å². The molecule has 0 saturated carbocycles. The molecule has 0 N–H and O–H groups in total. The van der Waals surface area contributed by atoms with Crippen molar-refractivity contribution in [3.63, 3.8) is 0 Å². The number of methoxy groups -OCH3 is 1. The van der Waals surface area contributed by atoms with Crippen LogP contribution in [0.3, 0.4) is 0 Å². The fourth-order valence-electron chi connectivity index (χ4n) is 2.08. The molecule has 2 aromatic rings. The molecule has 0 fully saturated rings. The second-order valence-electron chi connectivity index (χ2n) is 4.69. The van der Waals surface area contributed by atoms with E-state index in [1.54, 1.807) is 48.5 Å². The molecular weight excluding hydrogens is 306 g/mol. The summed E-state index contributed by atoms with van der Waals surface area (Å²) in [5.41, 5.74) is 1.11. The first-order valence-electron chi connectivity index (χ1n) is 7.37. The average Bonchev–Trinajstić information content (AvgIpc) is 2.61. The molecule has 0 amide bonds. The zero-order valence-electron chi connectivity index (χ0n) is 13.5. The van der Waals surface area contributed by atoms with Gasteiger partial charge in [0.25, 0.3) is 0 Å². The Hall–Kier alpha value is -3.26. The number of benzene rings is 2. The minimum absolute atomic E-state index is 0.294. The van der Waals surface area contributed by atoms with E-state index in [-0.39, 0.29) is 0 Å². The van der Waals surface area contributed by atoms with Crippen LogP contribution in [0.25, 0.3) is 6.08 Å². The van der Waals surface area contributed by atoms with E-state index in [2.05, 4.69) is 0 Å². The third kappa shape index (κ3) is 4.14. The third-order valence-corrected chi connectivity index (χ3v) is 3.15. The number of rotatable bonds is 6. The summed E-state index contributed by atoms with van der Waals surface area (Å²) in [6, 6.07) is 13.8. The van der Waals surface area contributed by atoms with E-state index < -0.39 is 5.97 Å². The number of allylic oxidation sites excluding steroid dienone is 1. The van der Waals surface area contributed by atoms with E-state index in [0.717, 1.165) is 5.56 Å². The maximum atomic E-state index is 12.4. The number of para-hydroxylation sites is 1. The van der Waals surface area contributed by atoms with Crippen LogP contribution in [0.2, 0.25) is 0 Å². The highest BCUT2D eigenvalue weighted by Gasteiger charge is 2.16. The van der Waals surface area contributed by atoms with Gasteiger partial charge in [0.1, 0.15) is 11.3 Å². The van der Waals surface area contributed by atoms with Crippen LogP contribution in [-0.4, -0.2) is 19.7 Å². The molecule has 0 saturated heterocycles. The highest BCUT2D eigenvalue weighted by Crippen LogP contribution is 2.30. The maximum Gasteiger partial charge on any atom is 0.347 e. The Labute approximate surface area is 140 Å². The smallest absolute Gasteiger partial charge is 0.347 e. The summed E-state index contributed by atoms with van der Waals surface area (Å²) in [6.07, 6.45) is 3.00. The van der Waals surface area contributed by atoms with Gasteiger partial charge in [-0.15, -0.1) is 0 Å². The first-order chi connectivity index (χ1) is 11.7. The van der Waals surface area contributed by atoms with Crippen molar-refractivity contribution in [2.24, 2.45) is 0 Å². The van der Waals surface area contributed by atoms with Crippen LogP contribution in [0.1, 0.15) is 22.8 Å². The van der Waals surface area contributed by atoms with E-state index in [4.69, 9.17) is 19.5 Å². The Morgan fingerprint density at radius 2 is 1.96 bits per heavy atom. The van der Waals surface area contributed by atoms with Crippen molar-refractivity contribution in [1.82, 2.24) is 0 Å². The lowest BCUT2D eigenvalue weighted by atomic mass is 10.2. The fourth-order valence-corrected chi connectivity index (χ4v) is 2.08. The zero-order valence-corrected chi connectivity index (χ0v) is 13.5. The van der Waals surface area contributed by atoms with Gasteiger partial charge < -0.3 is 14.2 Å². The lowest BCUT2D eigenvalue weighted by Gasteiger charge is -2.12. The number of nitriles is 1. The van der Waals surface area contributed by atoms with Gasteiger partial charge in [-0.25, -0.2) is 4.79 Å². The summed E-state index contributed by atoms with van der Waals surface area (Å²) in [5.74, 6) is 0.635. The number of nitrogens with zero attached hydrogens (tertiary/aromatic N) is 1. The largest absolute Gasteiger partial charge is 0.493 e. The Balaban J connectivity index is 2.26. The molecule has 0 unspecified atom stereocenters. The molecule has 0 spiro atoms. The van der Waals surface area contributed by atoms with E-state index in [1.807, 2.05) is 13.0 Å². The van der Waals surface area contributed by atoms with E-state index in [0.29, 0.717) is 29.4 Å². The van der Waals surface area contributed by atoms with Crippen LogP contribution >= 0.6 is 0 Å². The highest BCUT2D eigenvalue weighted by molar-refractivity contribution is 5.94. The first kappa shape index (κ1) is 17.1. The Bertz CT molecular complexity index is 790. The highest BCUT2D eigenvalue weighted by atomic mass is 16.6. The van der Waals surface area contributed by atoms with Gasteiger partial charge in [0.05, 0.1) is 19.8 Å². The van der Waals surface area contributed by atoms with Crippen LogP contribution in [0, 0.1) is 11.3 Å². The van der Waals surface area contributed by atoms with Gasteiger partial charge in [-0.3, -0.25) is 0 Å². The van der Waals surface area contributed by atoms with Crippen LogP contribution in [-0.2, 0) is 0 Å². The molecule has 24 heavy (non-hydrogen) atoms. The molecule has 0 aliphatic heterocycles. The van der Waals surface area contributed by atoms with E-state index >= 15 is 0 Å². The van der Waals surface area contributed by atoms with Crippen molar-refractivity contribution in [2.75, 3.05) is 13.7 Å². The molecule has 0 aliphatic rings. The second kappa shape index (κ2) is 8.39. The topological polar surface area (TPSA) is 68.5 Å². The van der Waals surface area contributed by atoms with Crippen molar-refractivity contribution >= 4 is 12.0 Å². The average molecular weight is 323 g/mol. The molecule has 0 heterocycles. The number of esters is 1. The summed E-state index contributed by atoms with van der Waals surface area (Å²) in [6.45, 7) is 2.30. The van der Waals surface area contributed by atoms with Gasteiger partial charge in [-0.2, -0.15) is 5.26 Å². The minimum Gasteiger partial charge on any atom is -0.493 e. The predicted octanol–water partition coefficient (Wildman–Crippen LogP) is 3.85. The molecule has 2 aromatic carbocycles. The number of hydrogen-bond acceptors (Lipinski definition) is 5.